The van der Waals surface area contributed by atoms with Crippen LogP contribution in [0, 0.1) is 5.41 Å². The largest absolute Gasteiger partial charge is 0.219 e. The molecule has 0 spiro atoms. The number of allylic oxidation sites excluding steroid dienone is 1. The van der Waals surface area contributed by atoms with Gasteiger partial charge < -0.3 is 0 Å². The van der Waals surface area contributed by atoms with Gasteiger partial charge in [0, 0.05) is 11.6 Å². The molecule has 0 saturated heterocycles. The summed E-state index contributed by atoms with van der Waals surface area (Å²) in [4.78, 5) is 0. The van der Waals surface area contributed by atoms with Gasteiger partial charge in [-0.1, -0.05) is 65.3 Å². The molecule has 22 heavy (non-hydrogen) atoms. The number of hydrazone groups is 1. The van der Waals surface area contributed by atoms with Gasteiger partial charge in [-0.05, 0) is 30.6 Å². The molecule has 0 aromatic heterocycles. The van der Waals surface area contributed by atoms with Crippen LogP contribution in [-0.4, -0.2) is 23.2 Å². The lowest BCUT2D eigenvalue weighted by molar-refractivity contribution is -0.499. The van der Waals surface area contributed by atoms with E-state index in [9.17, 15) is 0 Å². The summed E-state index contributed by atoms with van der Waals surface area (Å²) in [5.41, 5.74) is 4.59. The Morgan fingerprint density at radius 1 is 0.864 bits per heavy atom. The molecular formula is C20H21N2+. The molecule has 0 bridgehead atoms. The number of benzene rings is 2. The van der Waals surface area contributed by atoms with E-state index in [2.05, 4.69) is 74.5 Å². The Hall–Kier alpha value is -2.48. The van der Waals surface area contributed by atoms with Crippen molar-refractivity contribution in [1.82, 2.24) is 0 Å². The molecule has 0 atom stereocenters. The van der Waals surface area contributed by atoms with Gasteiger partial charge in [-0.15, -0.1) is 0 Å². The Kier molecular flexibility index (Phi) is 3.76. The van der Waals surface area contributed by atoms with Crippen LogP contribution in [0.1, 0.15) is 25.0 Å². The standard InChI is InChI=1S/C20H21N2/c1-20(2)18(15-14-16-10-6-4-7-11-16)22(3)21-19(20)17-12-8-5-9-13-17/h4-15H,1-3H3/q+1. The van der Waals surface area contributed by atoms with Crippen molar-refractivity contribution in [2.75, 3.05) is 7.05 Å². The molecule has 110 valence electrons. The topological polar surface area (TPSA) is 15.4 Å². The van der Waals surface area contributed by atoms with Crippen molar-refractivity contribution in [2.45, 2.75) is 13.8 Å². The summed E-state index contributed by atoms with van der Waals surface area (Å²) in [6, 6.07) is 20.8. The first kappa shape index (κ1) is 14.5. The fraction of sp³-hybridized carbons (Fsp3) is 0.200. The number of nitrogens with zero attached hydrogens (tertiary/aromatic N) is 2. The zero-order valence-corrected chi connectivity index (χ0v) is 13.3. The highest BCUT2D eigenvalue weighted by molar-refractivity contribution is 6.21. The smallest absolute Gasteiger partial charge is 0.0899 e. The van der Waals surface area contributed by atoms with Gasteiger partial charge in [0.15, 0.2) is 7.05 Å². The molecule has 0 unspecified atom stereocenters. The molecule has 2 aromatic carbocycles. The van der Waals surface area contributed by atoms with Crippen molar-refractivity contribution in [3.05, 3.63) is 77.9 Å². The van der Waals surface area contributed by atoms with Crippen LogP contribution in [0.5, 0.6) is 0 Å². The summed E-state index contributed by atoms with van der Waals surface area (Å²) in [5.74, 6) is 0. The van der Waals surface area contributed by atoms with Crippen LogP contribution in [0.3, 0.4) is 0 Å². The lowest BCUT2D eigenvalue weighted by atomic mass is 9.79. The molecule has 0 N–H and O–H groups in total. The van der Waals surface area contributed by atoms with E-state index in [4.69, 9.17) is 5.10 Å². The van der Waals surface area contributed by atoms with Gasteiger partial charge in [0.05, 0.1) is 0 Å². The van der Waals surface area contributed by atoms with E-state index in [-0.39, 0.29) is 5.41 Å². The Bertz CT molecular complexity index is 751. The number of hydrogen-bond acceptors (Lipinski definition) is 1. The highest BCUT2D eigenvalue weighted by atomic mass is 15.4. The van der Waals surface area contributed by atoms with Crippen molar-refractivity contribution in [3.8, 4) is 0 Å². The van der Waals surface area contributed by atoms with Gasteiger partial charge in [0.2, 0.25) is 5.71 Å². The van der Waals surface area contributed by atoms with E-state index in [1.54, 1.807) is 0 Å². The molecule has 1 aliphatic rings. The summed E-state index contributed by atoms with van der Waals surface area (Å²) in [7, 11) is 2.02. The van der Waals surface area contributed by atoms with Crippen LogP contribution in [0.2, 0.25) is 0 Å². The summed E-state index contributed by atoms with van der Waals surface area (Å²) in [6.07, 6.45) is 4.33. The zero-order valence-electron chi connectivity index (χ0n) is 13.3. The first-order chi connectivity index (χ1) is 10.6. The van der Waals surface area contributed by atoms with Crippen molar-refractivity contribution in [1.29, 1.82) is 0 Å². The molecule has 0 amide bonds. The van der Waals surface area contributed by atoms with Gasteiger partial charge in [-0.3, -0.25) is 0 Å². The SMILES string of the molecule is C[N+]1=C(C=Cc2ccccc2)C(C)(C)C(c2ccccc2)=N1. The van der Waals surface area contributed by atoms with Crippen LogP contribution < -0.4 is 0 Å². The predicted molar refractivity (Wildman–Crippen MR) is 93.4 cm³/mol. The van der Waals surface area contributed by atoms with Gasteiger partial charge in [-0.2, -0.15) is 0 Å². The molecule has 2 aromatic rings. The quantitative estimate of drug-likeness (QED) is 0.752. The highest BCUT2D eigenvalue weighted by Gasteiger charge is 2.43. The van der Waals surface area contributed by atoms with E-state index in [0.717, 1.165) is 5.71 Å². The first-order valence-corrected chi connectivity index (χ1v) is 7.58. The van der Waals surface area contributed by atoms with E-state index >= 15 is 0 Å². The minimum atomic E-state index is -0.110. The molecule has 0 fully saturated rings. The maximum Gasteiger partial charge on any atom is 0.219 e. The van der Waals surface area contributed by atoms with E-state index in [1.807, 2.05) is 23.9 Å². The van der Waals surface area contributed by atoms with E-state index in [0.29, 0.717) is 0 Å². The van der Waals surface area contributed by atoms with E-state index in [1.165, 1.54) is 16.8 Å². The lowest BCUT2D eigenvalue weighted by Crippen LogP contribution is -2.30. The second-order valence-corrected chi connectivity index (χ2v) is 6.09. The summed E-state index contributed by atoms with van der Waals surface area (Å²) in [5, 5.41) is 4.77. The molecule has 1 aliphatic heterocycles. The second-order valence-electron chi connectivity index (χ2n) is 6.09. The Morgan fingerprint density at radius 3 is 2.09 bits per heavy atom. The molecule has 1 heterocycles. The monoisotopic (exact) mass is 289 g/mol. The number of rotatable bonds is 3. The third-order valence-corrected chi connectivity index (χ3v) is 4.11. The Balaban J connectivity index is 1.92. The van der Waals surface area contributed by atoms with Gasteiger partial charge >= 0.3 is 0 Å². The number of hydrogen-bond donors (Lipinski definition) is 0. The summed E-state index contributed by atoms with van der Waals surface area (Å²) >= 11 is 0. The van der Waals surface area contributed by atoms with Crippen molar-refractivity contribution >= 4 is 17.5 Å². The molecule has 0 saturated carbocycles. The molecule has 2 heteroatoms. The zero-order chi connectivity index (χ0) is 15.6. The maximum absolute atomic E-state index is 4.77. The van der Waals surface area contributed by atoms with Crippen molar-refractivity contribution < 1.29 is 4.68 Å². The molecule has 2 nitrogen and oxygen atoms in total. The first-order valence-electron chi connectivity index (χ1n) is 7.58. The minimum Gasteiger partial charge on any atom is -0.0899 e. The van der Waals surface area contributed by atoms with Crippen LogP contribution in [0.25, 0.3) is 6.08 Å². The van der Waals surface area contributed by atoms with Gasteiger partial charge in [-0.25, -0.2) is 0 Å². The van der Waals surface area contributed by atoms with Crippen LogP contribution >= 0.6 is 0 Å². The predicted octanol–water partition coefficient (Wildman–Crippen LogP) is 4.23. The minimum absolute atomic E-state index is 0.110. The highest BCUT2D eigenvalue weighted by Crippen LogP contribution is 2.30. The molecule has 0 aliphatic carbocycles. The van der Waals surface area contributed by atoms with E-state index < -0.39 is 0 Å². The molecular weight excluding hydrogens is 268 g/mol. The third-order valence-electron chi connectivity index (χ3n) is 4.11. The summed E-state index contributed by atoms with van der Waals surface area (Å²) < 4.78 is 1.99. The Morgan fingerprint density at radius 2 is 1.45 bits per heavy atom. The average molecular weight is 289 g/mol. The average Bonchev–Trinajstić information content (AvgIpc) is 2.76. The fourth-order valence-corrected chi connectivity index (χ4v) is 2.92. The normalized spacial score (nSPS) is 17.1. The van der Waals surface area contributed by atoms with Crippen LogP contribution in [-0.2, 0) is 0 Å². The Labute approximate surface area is 132 Å². The lowest BCUT2D eigenvalue weighted by Gasteiger charge is -2.16. The maximum atomic E-state index is 4.77. The third kappa shape index (κ3) is 2.64. The van der Waals surface area contributed by atoms with Crippen LogP contribution in [0.15, 0.2) is 71.8 Å². The van der Waals surface area contributed by atoms with Gasteiger partial charge in [0.1, 0.15) is 11.1 Å². The van der Waals surface area contributed by atoms with Crippen molar-refractivity contribution in [3.63, 3.8) is 0 Å². The van der Waals surface area contributed by atoms with Crippen LogP contribution in [0.4, 0.5) is 0 Å². The van der Waals surface area contributed by atoms with Crippen molar-refractivity contribution in [2.24, 2.45) is 10.5 Å². The summed E-state index contributed by atoms with van der Waals surface area (Å²) in [6.45, 7) is 4.46. The molecule has 3 rings (SSSR count). The fourth-order valence-electron chi connectivity index (χ4n) is 2.92. The molecule has 0 radical (unpaired) electrons. The second kappa shape index (κ2) is 5.72. The van der Waals surface area contributed by atoms with Gasteiger partial charge in [0.25, 0.3) is 0 Å².